The molecular weight excluding hydrogens is 260 g/mol. The second-order valence-electron chi connectivity index (χ2n) is 3.79. The average molecular weight is 274 g/mol. The highest BCUT2D eigenvalue weighted by Crippen LogP contribution is 2.27. The number of carbonyl (C=O) groups excluding carboxylic acids is 1. The summed E-state index contributed by atoms with van der Waals surface area (Å²) < 4.78 is 11.7. The molecule has 0 aliphatic rings. The molecule has 0 aliphatic carbocycles. The third-order valence-electron chi connectivity index (χ3n) is 2.49. The summed E-state index contributed by atoms with van der Waals surface area (Å²) in [6.45, 7) is 0. The Hall–Kier alpha value is -2.83. The van der Waals surface area contributed by atoms with Gasteiger partial charge in [-0.1, -0.05) is 6.07 Å². The molecule has 0 spiro atoms. The van der Waals surface area contributed by atoms with E-state index >= 15 is 0 Å². The third kappa shape index (κ3) is 3.35. The Balaban J connectivity index is 2.05. The van der Waals surface area contributed by atoms with Gasteiger partial charge in [0, 0.05) is 6.08 Å². The summed E-state index contributed by atoms with van der Waals surface area (Å²) in [5.41, 5.74) is 3.37. The number of hydrogen-bond donors (Lipinski definition) is 1. The Morgan fingerprint density at radius 3 is 2.55 bits per heavy atom. The minimum Gasteiger partial charge on any atom is -0.493 e. The van der Waals surface area contributed by atoms with Crippen LogP contribution in [0.25, 0.3) is 6.08 Å². The van der Waals surface area contributed by atoms with Gasteiger partial charge < -0.3 is 9.47 Å². The maximum atomic E-state index is 11.6. The molecule has 20 heavy (non-hydrogen) atoms. The van der Waals surface area contributed by atoms with Crippen LogP contribution >= 0.6 is 0 Å². The maximum Gasteiger partial charge on any atom is 0.262 e. The van der Waals surface area contributed by atoms with Crippen molar-refractivity contribution in [2.45, 2.75) is 0 Å². The van der Waals surface area contributed by atoms with Crippen LogP contribution in [0.2, 0.25) is 0 Å². The van der Waals surface area contributed by atoms with Crippen LogP contribution in [-0.2, 0) is 4.79 Å². The van der Waals surface area contributed by atoms with Crippen molar-refractivity contribution < 1.29 is 14.3 Å². The van der Waals surface area contributed by atoms with Gasteiger partial charge in [-0.15, -0.1) is 10.2 Å². The van der Waals surface area contributed by atoms with E-state index in [4.69, 9.17) is 9.47 Å². The van der Waals surface area contributed by atoms with Crippen molar-refractivity contribution in [1.29, 1.82) is 0 Å². The lowest BCUT2D eigenvalue weighted by Gasteiger charge is -2.07. The molecule has 7 heteroatoms. The highest BCUT2D eigenvalue weighted by atomic mass is 16.5. The predicted molar refractivity (Wildman–Crippen MR) is 73.0 cm³/mol. The number of aromatic nitrogens is 3. The van der Waals surface area contributed by atoms with E-state index in [1.165, 1.54) is 23.4 Å². The first-order valence-electron chi connectivity index (χ1n) is 5.78. The number of hydrogen-bond acceptors (Lipinski definition) is 5. The monoisotopic (exact) mass is 274 g/mol. The van der Waals surface area contributed by atoms with Crippen molar-refractivity contribution in [2.24, 2.45) is 0 Å². The molecule has 1 aromatic heterocycles. The first kappa shape index (κ1) is 13.6. The standard InChI is InChI=1S/C13H14N4O3/c1-19-11-5-3-10(7-12(11)20-2)4-6-13(18)16-17-8-14-15-9-17/h3-9H,1-2H3,(H,16,18)/b6-4+. The van der Waals surface area contributed by atoms with Crippen molar-refractivity contribution in [3.8, 4) is 11.5 Å². The Labute approximate surface area is 115 Å². The van der Waals surface area contributed by atoms with E-state index in [0.29, 0.717) is 11.5 Å². The van der Waals surface area contributed by atoms with Crippen molar-refractivity contribution in [3.63, 3.8) is 0 Å². The Morgan fingerprint density at radius 1 is 1.20 bits per heavy atom. The number of ether oxygens (including phenoxy) is 2. The molecule has 7 nitrogen and oxygen atoms in total. The zero-order chi connectivity index (χ0) is 14.4. The lowest BCUT2D eigenvalue weighted by Crippen LogP contribution is -2.18. The van der Waals surface area contributed by atoms with Gasteiger partial charge in [0.15, 0.2) is 11.5 Å². The lowest BCUT2D eigenvalue weighted by molar-refractivity contribution is -0.112. The number of nitrogens with one attached hydrogen (secondary N) is 1. The first-order chi connectivity index (χ1) is 9.72. The highest BCUT2D eigenvalue weighted by molar-refractivity contribution is 5.97. The van der Waals surface area contributed by atoms with Crippen molar-refractivity contribution >= 4 is 12.0 Å². The SMILES string of the molecule is COc1ccc(/C=C/C(=O)Nn2cnnc2)cc1OC. The first-order valence-corrected chi connectivity index (χ1v) is 5.78. The summed E-state index contributed by atoms with van der Waals surface area (Å²) in [5.74, 6) is 0.951. The molecule has 2 rings (SSSR count). The van der Waals surface area contributed by atoms with Gasteiger partial charge in [-0.3, -0.25) is 10.2 Å². The molecule has 0 saturated heterocycles. The van der Waals surface area contributed by atoms with Gasteiger partial charge >= 0.3 is 0 Å². The van der Waals surface area contributed by atoms with Crippen LogP contribution in [0.4, 0.5) is 0 Å². The Morgan fingerprint density at radius 2 is 1.90 bits per heavy atom. The van der Waals surface area contributed by atoms with Crippen LogP contribution in [0.5, 0.6) is 11.5 Å². The van der Waals surface area contributed by atoms with E-state index in [0.717, 1.165) is 5.56 Å². The van der Waals surface area contributed by atoms with Gasteiger partial charge in [0.1, 0.15) is 12.7 Å². The van der Waals surface area contributed by atoms with Crippen LogP contribution < -0.4 is 14.9 Å². The van der Waals surface area contributed by atoms with Crippen LogP contribution in [-0.4, -0.2) is 35.0 Å². The van der Waals surface area contributed by atoms with E-state index in [1.807, 2.05) is 6.07 Å². The Kier molecular flexibility index (Phi) is 4.33. The second-order valence-corrected chi connectivity index (χ2v) is 3.79. The number of carbonyl (C=O) groups is 1. The molecular formula is C13H14N4O3. The molecule has 1 heterocycles. The molecule has 1 amide bonds. The summed E-state index contributed by atoms with van der Waals surface area (Å²) >= 11 is 0. The number of amides is 1. The van der Waals surface area contributed by atoms with Crippen molar-refractivity contribution in [3.05, 3.63) is 42.5 Å². The molecule has 0 unspecified atom stereocenters. The summed E-state index contributed by atoms with van der Waals surface area (Å²) in [4.78, 5) is 11.6. The summed E-state index contributed by atoms with van der Waals surface area (Å²) in [7, 11) is 3.13. The molecule has 1 aromatic carbocycles. The molecule has 104 valence electrons. The summed E-state index contributed by atoms with van der Waals surface area (Å²) in [6.07, 6.45) is 5.85. The largest absolute Gasteiger partial charge is 0.493 e. The topological polar surface area (TPSA) is 78.3 Å². The average Bonchev–Trinajstić information content (AvgIpc) is 2.97. The molecule has 0 saturated carbocycles. The van der Waals surface area contributed by atoms with Crippen LogP contribution in [0.3, 0.4) is 0 Å². The summed E-state index contributed by atoms with van der Waals surface area (Å²) in [5, 5.41) is 7.16. The third-order valence-corrected chi connectivity index (χ3v) is 2.49. The van der Waals surface area contributed by atoms with Crippen LogP contribution in [0, 0.1) is 0 Å². The van der Waals surface area contributed by atoms with Gasteiger partial charge in [0.05, 0.1) is 14.2 Å². The minimum absolute atomic E-state index is 0.292. The van der Waals surface area contributed by atoms with Gasteiger partial charge in [-0.25, -0.2) is 4.68 Å². The van der Waals surface area contributed by atoms with Crippen molar-refractivity contribution in [2.75, 3.05) is 19.6 Å². The van der Waals surface area contributed by atoms with Crippen LogP contribution in [0.1, 0.15) is 5.56 Å². The molecule has 0 aliphatic heterocycles. The molecule has 0 fully saturated rings. The predicted octanol–water partition coefficient (Wildman–Crippen LogP) is 1.08. The molecule has 0 radical (unpaired) electrons. The fraction of sp³-hybridized carbons (Fsp3) is 0.154. The number of methoxy groups -OCH3 is 2. The fourth-order valence-corrected chi connectivity index (χ4v) is 1.55. The smallest absolute Gasteiger partial charge is 0.262 e. The van der Waals surface area contributed by atoms with Gasteiger partial charge in [0.2, 0.25) is 0 Å². The normalized spacial score (nSPS) is 10.5. The van der Waals surface area contributed by atoms with E-state index in [9.17, 15) is 4.79 Å². The van der Waals surface area contributed by atoms with Gasteiger partial charge in [-0.05, 0) is 23.8 Å². The van der Waals surface area contributed by atoms with Gasteiger partial charge in [-0.2, -0.15) is 0 Å². The maximum absolute atomic E-state index is 11.6. The van der Waals surface area contributed by atoms with Gasteiger partial charge in [0.25, 0.3) is 5.91 Å². The Bertz CT molecular complexity index is 608. The molecule has 2 aromatic rings. The van der Waals surface area contributed by atoms with Crippen LogP contribution in [0.15, 0.2) is 36.9 Å². The number of benzene rings is 1. The quantitative estimate of drug-likeness (QED) is 0.825. The fourth-order valence-electron chi connectivity index (χ4n) is 1.55. The molecule has 1 N–H and O–H groups in total. The zero-order valence-corrected chi connectivity index (χ0v) is 11.1. The van der Waals surface area contributed by atoms with E-state index in [2.05, 4.69) is 15.6 Å². The van der Waals surface area contributed by atoms with E-state index in [-0.39, 0.29) is 5.91 Å². The second kappa shape index (κ2) is 6.37. The highest BCUT2D eigenvalue weighted by Gasteiger charge is 2.03. The molecule has 0 atom stereocenters. The van der Waals surface area contributed by atoms with Crippen molar-refractivity contribution in [1.82, 2.24) is 14.9 Å². The molecule has 0 bridgehead atoms. The minimum atomic E-state index is -0.292. The number of rotatable bonds is 5. The number of nitrogens with zero attached hydrogens (tertiary/aromatic N) is 3. The zero-order valence-electron chi connectivity index (χ0n) is 11.1. The van der Waals surface area contributed by atoms with E-state index in [1.54, 1.807) is 32.4 Å². The lowest BCUT2D eigenvalue weighted by atomic mass is 10.2. The van der Waals surface area contributed by atoms with E-state index < -0.39 is 0 Å². The summed E-state index contributed by atoms with van der Waals surface area (Å²) in [6, 6.07) is 5.38.